The highest BCUT2D eigenvalue weighted by atomic mass is 35.5. The maximum Gasteiger partial charge on any atom is 0.236 e. The first-order chi connectivity index (χ1) is 7.95. The van der Waals surface area contributed by atoms with Crippen LogP contribution < -0.4 is 5.73 Å². The van der Waals surface area contributed by atoms with Gasteiger partial charge in [0.05, 0.1) is 0 Å². The number of halogens is 1. The predicted octanol–water partition coefficient (Wildman–Crippen LogP) is 1.53. The quantitative estimate of drug-likeness (QED) is 0.886. The summed E-state index contributed by atoms with van der Waals surface area (Å²) in [6, 6.07) is 6.91. The first-order valence-electron chi connectivity index (χ1n) is 5.06. The summed E-state index contributed by atoms with van der Waals surface area (Å²) in [6.07, 6.45) is 1.53. The van der Waals surface area contributed by atoms with Crippen LogP contribution in [0.3, 0.4) is 0 Å². The van der Waals surface area contributed by atoms with E-state index in [0.29, 0.717) is 18.1 Å². The molecule has 94 valence electrons. The van der Waals surface area contributed by atoms with Gasteiger partial charge in [-0.25, -0.2) is 12.7 Å². The number of benzene rings is 1. The van der Waals surface area contributed by atoms with Gasteiger partial charge in [-0.3, -0.25) is 0 Å². The molecule has 1 aromatic carbocycles. The topological polar surface area (TPSA) is 63.4 Å². The number of hydrogen-bond acceptors (Lipinski definition) is 3. The Kier molecular flexibility index (Phi) is 5.14. The highest BCUT2D eigenvalue weighted by molar-refractivity contribution is 7.92. The van der Waals surface area contributed by atoms with E-state index in [1.54, 1.807) is 24.3 Å². The van der Waals surface area contributed by atoms with Crippen molar-refractivity contribution in [2.45, 2.75) is 0 Å². The van der Waals surface area contributed by atoms with Crippen molar-refractivity contribution in [3.05, 3.63) is 40.3 Å². The van der Waals surface area contributed by atoms with Gasteiger partial charge in [-0.05, 0) is 23.8 Å². The van der Waals surface area contributed by atoms with Crippen molar-refractivity contribution in [1.82, 2.24) is 4.31 Å². The summed E-state index contributed by atoms with van der Waals surface area (Å²) in [5, 5.41) is 1.77. The van der Waals surface area contributed by atoms with E-state index in [2.05, 4.69) is 0 Å². The van der Waals surface area contributed by atoms with Gasteiger partial charge in [-0.1, -0.05) is 23.7 Å². The number of sulfonamides is 1. The summed E-state index contributed by atoms with van der Waals surface area (Å²) < 4.78 is 24.6. The van der Waals surface area contributed by atoms with E-state index in [1.165, 1.54) is 17.4 Å². The monoisotopic (exact) mass is 274 g/mol. The van der Waals surface area contributed by atoms with Gasteiger partial charge in [0.1, 0.15) is 0 Å². The van der Waals surface area contributed by atoms with Gasteiger partial charge >= 0.3 is 0 Å². The lowest BCUT2D eigenvalue weighted by atomic mass is 10.2. The summed E-state index contributed by atoms with van der Waals surface area (Å²) in [4.78, 5) is 0. The Balaban J connectivity index is 2.80. The maximum absolute atomic E-state index is 11.7. The molecule has 4 nitrogen and oxygen atoms in total. The zero-order valence-electron chi connectivity index (χ0n) is 9.51. The van der Waals surface area contributed by atoms with E-state index in [1.807, 2.05) is 0 Å². The average molecular weight is 275 g/mol. The minimum atomic E-state index is -3.39. The number of rotatable bonds is 5. The number of nitrogens with zero attached hydrogens (tertiary/aromatic N) is 1. The molecule has 0 fully saturated rings. The first-order valence-corrected chi connectivity index (χ1v) is 6.94. The molecule has 17 heavy (non-hydrogen) atoms. The second-order valence-electron chi connectivity index (χ2n) is 3.51. The second-order valence-corrected chi connectivity index (χ2v) is 5.87. The van der Waals surface area contributed by atoms with Gasteiger partial charge < -0.3 is 5.73 Å². The predicted molar refractivity (Wildman–Crippen MR) is 71.1 cm³/mol. The minimum absolute atomic E-state index is 0.296. The van der Waals surface area contributed by atoms with Crippen molar-refractivity contribution >= 4 is 27.7 Å². The summed E-state index contributed by atoms with van der Waals surface area (Å²) in [7, 11) is -1.90. The van der Waals surface area contributed by atoms with Gasteiger partial charge in [-0.2, -0.15) is 0 Å². The van der Waals surface area contributed by atoms with Crippen molar-refractivity contribution in [2.24, 2.45) is 5.73 Å². The van der Waals surface area contributed by atoms with Gasteiger partial charge in [0.15, 0.2) is 0 Å². The van der Waals surface area contributed by atoms with Crippen molar-refractivity contribution in [3.8, 4) is 0 Å². The molecule has 0 saturated carbocycles. The molecule has 0 aliphatic heterocycles. The molecule has 0 aliphatic carbocycles. The normalized spacial score (nSPS) is 12.5. The number of likely N-dealkylation sites (N-methyl/N-ethyl adjacent to an activating group) is 1. The highest BCUT2D eigenvalue weighted by Gasteiger charge is 2.12. The molecule has 0 heterocycles. The van der Waals surface area contributed by atoms with E-state index < -0.39 is 10.0 Å². The third-order valence-electron chi connectivity index (χ3n) is 2.18. The van der Waals surface area contributed by atoms with E-state index in [4.69, 9.17) is 17.3 Å². The molecule has 6 heteroatoms. The van der Waals surface area contributed by atoms with Crippen LogP contribution in [0.15, 0.2) is 29.7 Å². The Bertz CT molecular complexity index is 483. The third kappa shape index (κ3) is 4.47. The maximum atomic E-state index is 11.7. The molecule has 0 amide bonds. The molecule has 0 aromatic heterocycles. The minimum Gasteiger partial charge on any atom is -0.329 e. The fraction of sp³-hybridized carbons (Fsp3) is 0.273. The Morgan fingerprint density at radius 1 is 1.35 bits per heavy atom. The largest absolute Gasteiger partial charge is 0.329 e. The van der Waals surface area contributed by atoms with Crippen LogP contribution in [0.5, 0.6) is 0 Å². The van der Waals surface area contributed by atoms with Crippen LogP contribution in [0, 0.1) is 0 Å². The zero-order valence-corrected chi connectivity index (χ0v) is 11.1. The van der Waals surface area contributed by atoms with E-state index in [-0.39, 0.29) is 0 Å². The van der Waals surface area contributed by atoms with Crippen LogP contribution >= 0.6 is 11.6 Å². The van der Waals surface area contributed by atoms with Gasteiger partial charge in [0, 0.05) is 30.6 Å². The van der Waals surface area contributed by atoms with Crippen LogP contribution in [0.2, 0.25) is 5.02 Å². The van der Waals surface area contributed by atoms with E-state index >= 15 is 0 Å². The smallest absolute Gasteiger partial charge is 0.236 e. The van der Waals surface area contributed by atoms with Crippen molar-refractivity contribution in [2.75, 3.05) is 20.1 Å². The standard InChI is InChI=1S/C11H15ClN2O2S/c1-14(8-7-13)17(15,16)9-6-10-2-4-11(12)5-3-10/h2-6,9H,7-8,13H2,1H3. The Morgan fingerprint density at radius 2 is 1.94 bits per heavy atom. The molecule has 0 unspecified atom stereocenters. The number of hydrogen-bond donors (Lipinski definition) is 1. The molecule has 0 bridgehead atoms. The lowest BCUT2D eigenvalue weighted by molar-refractivity contribution is 0.485. The fourth-order valence-corrected chi connectivity index (χ4v) is 2.17. The Labute approximate surface area is 107 Å². The molecule has 0 saturated heterocycles. The lowest BCUT2D eigenvalue weighted by Gasteiger charge is -2.12. The van der Waals surface area contributed by atoms with Crippen LogP contribution in [0.1, 0.15) is 5.56 Å². The fourth-order valence-electron chi connectivity index (χ4n) is 1.15. The summed E-state index contributed by atoms with van der Waals surface area (Å²) in [5.74, 6) is 0. The summed E-state index contributed by atoms with van der Waals surface area (Å²) in [5.41, 5.74) is 6.08. The first kappa shape index (κ1) is 14.2. The lowest BCUT2D eigenvalue weighted by Crippen LogP contribution is -2.30. The molecule has 0 aliphatic rings. The molecule has 2 N–H and O–H groups in total. The molecule has 1 rings (SSSR count). The molecular formula is C11H15ClN2O2S. The second kappa shape index (κ2) is 6.16. The van der Waals surface area contributed by atoms with Crippen molar-refractivity contribution < 1.29 is 8.42 Å². The highest BCUT2D eigenvalue weighted by Crippen LogP contribution is 2.11. The summed E-state index contributed by atoms with van der Waals surface area (Å²) in [6.45, 7) is 0.595. The molecule has 0 radical (unpaired) electrons. The average Bonchev–Trinajstić information content (AvgIpc) is 2.29. The molecule has 0 atom stereocenters. The van der Waals surface area contributed by atoms with Crippen LogP contribution in [-0.4, -0.2) is 32.9 Å². The van der Waals surface area contributed by atoms with Crippen LogP contribution in [0.4, 0.5) is 0 Å². The zero-order chi connectivity index (χ0) is 12.9. The Morgan fingerprint density at radius 3 is 2.47 bits per heavy atom. The van der Waals surface area contributed by atoms with Crippen LogP contribution in [-0.2, 0) is 10.0 Å². The van der Waals surface area contributed by atoms with Crippen molar-refractivity contribution in [3.63, 3.8) is 0 Å². The third-order valence-corrected chi connectivity index (χ3v) is 3.96. The van der Waals surface area contributed by atoms with Gasteiger partial charge in [-0.15, -0.1) is 0 Å². The van der Waals surface area contributed by atoms with E-state index in [0.717, 1.165) is 11.0 Å². The molecule has 1 aromatic rings. The van der Waals surface area contributed by atoms with Gasteiger partial charge in [0.25, 0.3) is 0 Å². The SMILES string of the molecule is CN(CCN)S(=O)(=O)C=Cc1ccc(Cl)cc1. The summed E-state index contributed by atoms with van der Waals surface area (Å²) >= 11 is 5.73. The van der Waals surface area contributed by atoms with Crippen molar-refractivity contribution in [1.29, 1.82) is 0 Å². The Hall–Kier alpha value is -0.880. The molecule has 0 spiro atoms. The van der Waals surface area contributed by atoms with E-state index in [9.17, 15) is 8.42 Å². The van der Waals surface area contributed by atoms with Crippen LogP contribution in [0.25, 0.3) is 6.08 Å². The van der Waals surface area contributed by atoms with Gasteiger partial charge in [0.2, 0.25) is 10.0 Å². The molecular weight excluding hydrogens is 260 g/mol. The number of nitrogens with two attached hydrogens (primary N) is 1.